The zero-order valence-electron chi connectivity index (χ0n) is 8.62. The third-order valence-electron chi connectivity index (χ3n) is 2.50. The van der Waals surface area contributed by atoms with Gasteiger partial charge in [-0.25, -0.2) is 4.39 Å². The number of amides is 1. The van der Waals surface area contributed by atoms with E-state index >= 15 is 0 Å². The molecule has 0 fully saturated rings. The van der Waals surface area contributed by atoms with Crippen LogP contribution in [0.4, 0.5) is 4.39 Å². The zero-order chi connectivity index (χ0) is 11.5. The molecule has 1 aromatic carbocycles. The maximum atomic E-state index is 13.1. The van der Waals surface area contributed by atoms with Gasteiger partial charge in [0.15, 0.2) is 0 Å². The molecule has 16 heavy (non-hydrogen) atoms. The third kappa shape index (κ3) is 2.32. The Kier molecular flexibility index (Phi) is 3.39. The predicted molar refractivity (Wildman–Crippen MR) is 63.8 cm³/mol. The van der Waals surface area contributed by atoms with Gasteiger partial charge in [0.05, 0.1) is 5.56 Å². The molecule has 0 bridgehead atoms. The topological polar surface area (TPSA) is 20.3 Å². The van der Waals surface area contributed by atoms with E-state index in [1.807, 2.05) is 12.2 Å². The molecule has 2 rings (SSSR count). The molecule has 0 aromatic heterocycles. The molecule has 0 saturated carbocycles. The Bertz CT molecular complexity index is 445. The van der Waals surface area contributed by atoms with Crippen LogP contribution in [-0.4, -0.2) is 23.9 Å². The van der Waals surface area contributed by atoms with E-state index in [4.69, 9.17) is 0 Å². The second-order valence-electron chi connectivity index (χ2n) is 3.64. The van der Waals surface area contributed by atoms with Crippen LogP contribution in [0.1, 0.15) is 16.8 Å². The minimum Gasteiger partial charge on any atom is -0.335 e. The van der Waals surface area contributed by atoms with Gasteiger partial charge in [-0.2, -0.15) is 0 Å². The number of carbonyl (C=O) groups excluding carboxylic acids is 1. The molecule has 1 heterocycles. The van der Waals surface area contributed by atoms with Gasteiger partial charge >= 0.3 is 0 Å². The van der Waals surface area contributed by atoms with Gasteiger partial charge in [0.1, 0.15) is 5.82 Å². The van der Waals surface area contributed by atoms with E-state index in [1.54, 1.807) is 11.0 Å². The zero-order valence-corrected chi connectivity index (χ0v) is 10.2. The minimum absolute atomic E-state index is 0.129. The number of nitrogens with zero attached hydrogens (tertiary/aromatic N) is 1. The summed E-state index contributed by atoms with van der Waals surface area (Å²) in [5, 5.41) is 0. The molecule has 1 aliphatic heterocycles. The van der Waals surface area contributed by atoms with E-state index in [9.17, 15) is 9.18 Å². The van der Waals surface area contributed by atoms with Crippen LogP contribution in [0.2, 0.25) is 0 Å². The summed E-state index contributed by atoms with van der Waals surface area (Å²) in [6.45, 7) is 1.29. The largest absolute Gasteiger partial charge is 0.335 e. The van der Waals surface area contributed by atoms with Crippen molar-refractivity contribution in [2.45, 2.75) is 6.42 Å². The second kappa shape index (κ2) is 4.78. The van der Waals surface area contributed by atoms with Crippen molar-refractivity contribution in [3.63, 3.8) is 0 Å². The molecule has 1 aliphatic rings. The first-order valence-corrected chi connectivity index (χ1v) is 5.87. The average Bonchev–Trinajstić information content (AvgIpc) is 2.32. The lowest BCUT2D eigenvalue weighted by molar-refractivity contribution is 0.0769. The maximum Gasteiger partial charge on any atom is 0.255 e. The van der Waals surface area contributed by atoms with Gasteiger partial charge in [0.25, 0.3) is 5.91 Å². The number of hydrogen-bond donors (Lipinski definition) is 0. The Labute approximate surface area is 102 Å². The molecular weight excluding hydrogens is 273 g/mol. The van der Waals surface area contributed by atoms with Crippen molar-refractivity contribution in [2.75, 3.05) is 13.1 Å². The van der Waals surface area contributed by atoms with Crippen LogP contribution in [0.3, 0.4) is 0 Å². The predicted octanol–water partition coefficient (Wildman–Crippen LogP) is 2.99. The maximum absolute atomic E-state index is 13.1. The molecule has 2 nitrogen and oxygen atoms in total. The molecule has 1 amide bonds. The lowest BCUT2D eigenvalue weighted by Crippen LogP contribution is -2.34. The molecule has 0 saturated heterocycles. The first-order valence-electron chi connectivity index (χ1n) is 5.08. The molecule has 4 heteroatoms. The molecular formula is C12H11BrFNO. The second-order valence-corrected chi connectivity index (χ2v) is 4.49. The van der Waals surface area contributed by atoms with Gasteiger partial charge in [0, 0.05) is 17.6 Å². The van der Waals surface area contributed by atoms with Crippen LogP contribution in [-0.2, 0) is 0 Å². The van der Waals surface area contributed by atoms with E-state index < -0.39 is 0 Å². The molecule has 0 spiro atoms. The molecule has 0 unspecified atom stereocenters. The van der Waals surface area contributed by atoms with Gasteiger partial charge in [-0.1, -0.05) is 12.2 Å². The van der Waals surface area contributed by atoms with Crippen LogP contribution in [0, 0.1) is 5.82 Å². The number of carbonyl (C=O) groups is 1. The van der Waals surface area contributed by atoms with Crippen LogP contribution < -0.4 is 0 Å². The smallest absolute Gasteiger partial charge is 0.255 e. The standard InChI is InChI=1S/C12H11BrFNO/c13-11-5-4-9(14)8-10(11)12(16)15-6-2-1-3-7-15/h1-2,4-5,8H,3,6-7H2. The van der Waals surface area contributed by atoms with Crippen molar-refractivity contribution in [2.24, 2.45) is 0 Å². The number of rotatable bonds is 1. The van der Waals surface area contributed by atoms with E-state index in [0.29, 0.717) is 23.1 Å². The highest BCUT2D eigenvalue weighted by Crippen LogP contribution is 2.20. The van der Waals surface area contributed by atoms with Crippen molar-refractivity contribution in [3.8, 4) is 0 Å². The fraction of sp³-hybridized carbons (Fsp3) is 0.250. The van der Waals surface area contributed by atoms with Crippen LogP contribution in [0.15, 0.2) is 34.8 Å². The summed E-state index contributed by atoms with van der Waals surface area (Å²) in [4.78, 5) is 13.8. The van der Waals surface area contributed by atoms with Gasteiger partial charge < -0.3 is 4.90 Å². The molecule has 84 valence electrons. The lowest BCUT2D eigenvalue weighted by Gasteiger charge is -2.23. The summed E-state index contributed by atoms with van der Waals surface area (Å²) in [6.07, 6.45) is 4.86. The average molecular weight is 284 g/mol. The van der Waals surface area contributed by atoms with Gasteiger partial charge in [-0.15, -0.1) is 0 Å². The first kappa shape index (κ1) is 11.3. The Balaban J connectivity index is 2.26. The number of hydrogen-bond acceptors (Lipinski definition) is 1. The first-order chi connectivity index (χ1) is 7.68. The molecule has 0 N–H and O–H groups in total. The summed E-state index contributed by atoms with van der Waals surface area (Å²) >= 11 is 3.27. The Morgan fingerprint density at radius 1 is 1.38 bits per heavy atom. The third-order valence-corrected chi connectivity index (χ3v) is 3.20. The Morgan fingerprint density at radius 2 is 2.19 bits per heavy atom. The monoisotopic (exact) mass is 283 g/mol. The van der Waals surface area contributed by atoms with Crippen molar-refractivity contribution < 1.29 is 9.18 Å². The van der Waals surface area contributed by atoms with E-state index in [1.165, 1.54) is 12.1 Å². The highest BCUT2D eigenvalue weighted by molar-refractivity contribution is 9.10. The van der Waals surface area contributed by atoms with Crippen molar-refractivity contribution in [1.29, 1.82) is 0 Å². The lowest BCUT2D eigenvalue weighted by atomic mass is 10.1. The van der Waals surface area contributed by atoms with Crippen molar-refractivity contribution >= 4 is 21.8 Å². The van der Waals surface area contributed by atoms with Gasteiger partial charge in [-0.05, 0) is 40.5 Å². The summed E-state index contributed by atoms with van der Waals surface area (Å²) in [6, 6.07) is 4.16. The minimum atomic E-state index is -0.390. The fourth-order valence-electron chi connectivity index (χ4n) is 1.66. The van der Waals surface area contributed by atoms with Crippen LogP contribution in [0.25, 0.3) is 0 Å². The summed E-state index contributed by atoms with van der Waals surface area (Å²) in [5.74, 6) is -0.519. The fourth-order valence-corrected chi connectivity index (χ4v) is 2.07. The molecule has 0 radical (unpaired) electrons. The van der Waals surface area contributed by atoms with Gasteiger partial charge in [-0.3, -0.25) is 4.79 Å². The Hall–Kier alpha value is -1.16. The van der Waals surface area contributed by atoms with Crippen molar-refractivity contribution in [3.05, 3.63) is 46.2 Å². The van der Waals surface area contributed by atoms with Crippen molar-refractivity contribution in [1.82, 2.24) is 4.90 Å². The molecule has 0 atom stereocenters. The number of benzene rings is 1. The molecule has 1 aromatic rings. The Morgan fingerprint density at radius 3 is 2.88 bits per heavy atom. The normalized spacial score (nSPS) is 15.2. The SMILES string of the molecule is O=C(c1cc(F)ccc1Br)N1CC=CCC1. The highest BCUT2D eigenvalue weighted by atomic mass is 79.9. The molecule has 0 aliphatic carbocycles. The van der Waals surface area contributed by atoms with E-state index in [2.05, 4.69) is 15.9 Å². The van der Waals surface area contributed by atoms with Gasteiger partial charge in [0.2, 0.25) is 0 Å². The quantitative estimate of drug-likeness (QED) is 0.726. The van der Waals surface area contributed by atoms with E-state index in [0.717, 1.165) is 6.42 Å². The summed E-state index contributed by atoms with van der Waals surface area (Å²) in [7, 11) is 0. The summed E-state index contributed by atoms with van der Waals surface area (Å²) < 4.78 is 13.7. The van der Waals surface area contributed by atoms with Crippen LogP contribution >= 0.6 is 15.9 Å². The number of halogens is 2. The van der Waals surface area contributed by atoms with Crippen LogP contribution in [0.5, 0.6) is 0 Å². The summed E-state index contributed by atoms with van der Waals surface area (Å²) in [5.41, 5.74) is 0.385. The van der Waals surface area contributed by atoms with E-state index in [-0.39, 0.29) is 11.7 Å². The highest BCUT2D eigenvalue weighted by Gasteiger charge is 2.18.